The average molecular weight is 470 g/mol. The van der Waals surface area contributed by atoms with Crippen molar-refractivity contribution in [3.05, 3.63) is 53.9 Å². The number of hydrogen-bond acceptors (Lipinski definition) is 4. The number of nitrogens with zero attached hydrogens (tertiary/aromatic N) is 5. The van der Waals surface area contributed by atoms with Crippen molar-refractivity contribution in [2.75, 3.05) is 38.1 Å². The lowest BCUT2D eigenvalue weighted by Gasteiger charge is -2.37. The monoisotopic (exact) mass is 470 g/mol. The molecular formula is C18H24FIN6. The Morgan fingerprint density at radius 3 is 2.58 bits per heavy atom. The summed E-state index contributed by atoms with van der Waals surface area (Å²) in [6.45, 7) is 5.57. The van der Waals surface area contributed by atoms with Crippen molar-refractivity contribution in [1.29, 1.82) is 0 Å². The van der Waals surface area contributed by atoms with E-state index in [1.807, 2.05) is 25.1 Å². The predicted molar refractivity (Wildman–Crippen MR) is 113 cm³/mol. The minimum Gasteiger partial charge on any atom is -0.366 e. The fraction of sp³-hybridized carbons (Fsp3) is 0.389. The van der Waals surface area contributed by atoms with Crippen LogP contribution in [-0.4, -0.2) is 54.1 Å². The number of guanidine groups is 1. The van der Waals surface area contributed by atoms with Crippen LogP contribution in [0.5, 0.6) is 0 Å². The standard InChI is InChI=1S/C18H23FN6.HI/c1-14-21-8-7-15(23-14)13-22-18(20-2)25-11-9-24(10-12-25)17-6-4-3-5-16(17)19;/h3-8H,9-13H2,1-2H3,(H,20,22);1H. The van der Waals surface area contributed by atoms with Gasteiger partial charge in [-0.15, -0.1) is 24.0 Å². The Morgan fingerprint density at radius 1 is 1.19 bits per heavy atom. The minimum atomic E-state index is -0.169. The van der Waals surface area contributed by atoms with Crippen LogP contribution in [0, 0.1) is 12.7 Å². The Morgan fingerprint density at radius 2 is 1.92 bits per heavy atom. The van der Waals surface area contributed by atoms with Crippen molar-refractivity contribution in [2.24, 2.45) is 4.99 Å². The van der Waals surface area contributed by atoms with E-state index in [1.54, 1.807) is 19.3 Å². The summed E-state index contributed by atoms with van der Waals surface area (Å²) in [4.78, 5) is 17.1. The normalized spacial score (nSPS) is 14.8. The van der Waals surface area contributed by atoms with Gasteiger partial charge in [0.1, 0.15) is 11.6 Å². The summed E-state index contributed by atoms with van der Waals surface area (Å²) < 4.78 is 13.9. The van der Waals surface area contributed by atoms with E-state index in [-0.39, 0.29) is 29.8 Å². The highest BCUT2D eigenvalue weighted by Gasteiger charge is 2.21. The summed E-state index contributed by atoms with van der Waals surface area (Å²) in [6.07, 6.45) is 1.76. The Hall–Kier alpha value is -1.97. The van der Waals surface area contributed by atoms with Crippen molar-refractivity contribution >= 4 is 35.6 Å². The molecule has 1 aliphatic heterocycles. The molecule has 3 rings (SSSR count). The van der Waals surface area contributed by atoms with Crippen molar-refractivity contribution in [3.8, 4) is 0 Å². The summed E-state index contributed by atoms with van der Waals surface area (Å²) in [5, 5.41) is 3.34. The molecule has 2 heterocycles. The van der Waals surface area contributed by atoms with E-state index in [9.17, 15) is 4.39 Å². The molecule has 26 heavy (non-hydrogen) atoms. The lowest BCUT2D eigenvalue weighted by Crippen LogP contribution is -2.52. The number of anilines is 1. The van der Waals surface area contributed by atoms with Crippen molar-refractivity contribution in [3.63, 3.8) is 0 Å². The first kappa shape index (κ1) is 20.3. The quantitative estimate of drug-likeness (QED) is 0.425. The van der Waals surface area contributed by atoms with Gasteiger partial charge in [0.2, 0.25) is 0 Å². The van der Waals surface area contributed by atoms with Gasteiger partial charge in [-0.3, -0.25) is 4.99 Å². The molecular weight excluding hydrogens is 446 g/mol. The van der Waals surface area contributed by atoms with Crippen molar-refractivity contribution in [1.82, 2.24) is 20.2 Å². The summed E-state index contributed by atoms with van der Waals surface area (Å²) in [6, 6.07) is 8.81. The highest BCUT2D eigenvalue weighted by Crippen LogP contribution is 2.20. The summed E-state index contributed by atoms with van der Waals surface area (Å²) in [5.74, 6) is 1.43. The maximum Gasteiger partial charge on any atom is 0.194 e. The topological polar surface area (TPSA) is 56.7 Å². The van der Waals surface area contributed by atoms with Gasteiger partial charge in [-0.25, -0.2) is 14.4 Å². The molecule has 1 saturated heterocycles. The lowest BCUT2D eigenvalue weighted by atomic mass is 10.2. The van der Waals surface area contributed by atoms with E-state index in [2.05, 4.69) is 30.1 Å². The summed E-state index contributed by atoms with van der Waals surface area (Å²) >= 11 is 0. The Kier molecular flexibility index (Phi) is 7.55. The van der Waals surface area contributed by atoms with E-state index in [4.69, 9.17) is 0 Å². The molecule has 2 aromatic rings. The van der Waals surface area contributed by atoms with Crippen LogP contribution < -0.4 is 10.2 Å². The first-order chi connectivity index (χ1) is 12.2. The third kappa shape index (κ3) is 5.03. The average Bonchev–Trinajstić information content (AvgIpc) is 2.63. The molecule has 0 amide bonds. The van der Waals surface area contributed by atoms with Gasteiger partial charge in [-0.05, 0) is 25.1 Å². The number of piperazine rings is 1. The number of aromatic nitrogens is 2. The SMILES string of the molecule is CN=C(NCc1ccnc(C)n1)N1CCN(c2ccccc2F)CC1.I. The Balaban J connectivity index is 0.00000243. The number of para-hydroxylation sites is 1. The van der Waals surface area contributed by atoms with E-state index in [0.717, 1.165) is 43.7 Å². The van der Waals surface area contributed by atoms with Crippen LogP contribution in [0.2, 0.25) is 0 Å². The number of aryl methyl sites for hydroxylation is 1. The van der Waals surface area contributed by atoms with Gasteiger partial charge in [-0.2, -0.15) is 0 Å². The number of rotatable bonds is 3. The number of halogens is 2. The Bertz CT molecular complexity index is 746. The maximum absolute atomic E-state index is 13.9. The second-order valence-electron chi connectivity index (χ2n) is 5.92. The molecule has 8 heteroatoms. The smallest absolute Gasteiger partial charge is 0.194 e. The molecule has 0 atom stereocenters. The minimum absolute atomic E-state index is 0. The molecule has 1 fully saturated rings. The van der Waals surface area contributed by atoms with Crippen LogP contribution in [0.3, 0.4) is 0 Å². The molecule has 0 radical (unpaired) electrons. The molecule has 0 bridgehead atoms. The van der Waals surface area contributed by atoms with E-state index < -0.39 is 0 Å². The number of aliphatic imine (C=N–C) groups is 1. The van der Waals surface area contributed by atoms with Crippen LogP contribution in [0.1, 0.15) is 11.5 Å². The van der Waals surface area contributed by atoms with Gasteiger partial charge < -0.3 is 15.1 Å². The van der Waals surface area contributed by atoms with Gasteiger partial charge in [0, 0.05) is 39.4 Å². The fourth-order valence-electron chi connectivity index (χ4n) is 2.97. The third-order valence-electron chi connectivity index (χ3n) is 4.25. The molecule has 6 nitrogen and oxygen atoms in total. The van der Waals surface area contributed by atoms with Crippen LogP contribution in [0.25, 0.3) is 0 Å². The number of nitrogens with one attached hydrogen (secondary N) is 1. The molecule has 0 aliphatic carbocycles. The van der Waals surface area contributed by atoms with E-state index in [0.29, 0.717) is 12.2 Å². The molecule has 1 aromatic heterocycles. The summed E-state index contributed by atoms with van der Waals surface area (Å²) in [5.41, 5.74) is 1.60. The molecule has 0 saturated carbocycles. The predicted octanol–water partition coefficient (Wildman–Crippen LogP) is 2.44. The molecule has 1 aromatic carbocycles. The van der Waals surface area contributed by atoms with Gasteiger partial charge in [0.15, 0.2) is 5.96 Å². The summed E-state index contributed by atoms with van der Waals surface area (Å²) in [7, 11) is 1.77. The van der Waals surface area contributed by atoms with Crippen molar-refractivity contribution < 1.29 is 4.39 Å². The molecule has 1 N–H and O–H groups in total. The van der Waals surface area contributed by atoms with Crippen LogP contribution >= 0.6 is 24.0 Å². The van der Waals surface area contributed by atoms with Crippen LogP contribution in [-0.2, 0) is 6.54 Å². The van der Waals surface area contributed by atoms with Crippen LogP contribution in [0.15, 0.2) is 41.5 Å². The Labute approximate surface area is 170 Å². The highest BCUT2D eigenvalue weighted by atomic mass is 127. The van der Waals surface area contributed by atoms with Gasteiger partial charge in [-0.1, -0.05) is 12.1 Å². The zero-order valence-corrected chi connectivity index (χ0v) is 17.4. The number of benzene rings is 1. The zero-order chi connectivity index (χ0) is 17.6. The molecule has 140 valence electrons. The maximum atomic E-state index is 13.9. The molecule has 0 spiro atoms. The van der Waals surface area contributed by atoms with Gasteiger partial charge >= 0.3 is 0 Å². The zero-order valence-electron chi connectivity index (χ0n) is 15.0. The highest BCUT2D eigenvalue weighted by molar-refractivity contribution is 14.0. The van der Waals surface area contributed by atoms with Crippen molar-refractivity contribution in [2.45, 2.75) is 13.5 Å². The third-order valence-corrected chi connectivity index (χ3v) is 4.25. The number of hydrogen-bond donors (Lipinski definition) is 1. The lowest BCUT2D eigenvalue weighted by molar-refractivity contribution is 0.370. The van der Waals surface area contributed by atoms with E-state index in [1.165, 1.54) is 6.07 Å². The second kappa shape index (κ2) is 9.65. The molecule has 1 aliphatic rings. The van der Waals surface area contributed by atoms with Crippen LogP contribution in [0.4, 0.5) is 10.1 Å². The first-order valence-corrected chi connectivity index (χ1v) is 8.41. The first-order valence-electron chi connectivity index (χ1n) is 8.41. The second-order valence-corrected chi connectivity index (χ2v) is 5.92. The molecule has 0 unspecified atom stereocenters. The largest absolute Gasteiger partial charge is 0.366 e. The fourth-order valence-corrected chi connectivity index (χ4v) is 2.97. The van der Waals surface area contributed by atoms with E-state index >= 15 is 0 Å². The van der Waals surface area contributed by atoms with Gasteiger partial charge in [0.05, 0.1) is 17.9 Å². The van der Waals surface area contributed by atoms with Gasteiger partial charge in [0.25, 0.3) is 0 Å².